The fourth-order valence-electron chi connectivity index (χ4n) is 5.53. The fourth-order valence-corrected chi connectivity index (χ4v) is 5.53. The Morgan fingerprint density at radius 3 is 2.06 bits per heavy atom. The third-order valence-corrected chi connectivity index (χ3v) is 6.88. The van der Waals surface area contributed by atoms with Crippen molar-refractivity contribution in [1.29, 1.82) is 0 Å². The van der Waals surface area contributed by atoms with Crippen LogP contribution in [0.3, 0.4) is 0 Å². The van der Waals surface area contributed by atoms with E-state index in [0.29, 0.717) is 5.56 Å². The molecule has 2 aromatic rings. The number of hydrogen-bond acceptors (Lipinski definition) is 8. The number of hydrogen-bond donors (Lipinski definition) is 0. The average molecular weight is 493 g/mol. The largest absolute Gasteiger partial charge is 0.469 e. The number of rotatable bonds is 7. The summed E-state index contributed by atoms with van der Waals surface area (Å²) in [7, 11) is 1.29. The Kier molecular flexibility index (Phi) is 7.24. The third-order valence-electron chi connectivity index (χ3n) is 6.88. The van der Waals surface area contributed by atoms with E-state index in [2.05, 4.69) is 0 Å². The summed E-state index contributed by atoms with van der Waals surface area (Å²) in [5.41, 5.74) is -0.0919. The van der Waals surface area contributed by atoms with Crippen LogP contribution in [-0.2, 0) is 33.3 Å². The fraction of sp³-hybridized carbons (Fsp3) is 0.357. The Balaban J connectivity index is 1.86. The van der Waals surface area contributed by atoms with Gasteiger partial charge < -0.3 is 18.9 Å². The van der Waals surface area contributed by atoms with E-state index in [1.807, 2.05) is 36.4 Å². The first-order valence-corrected chi connectivity index (χ1v) is 11.7. The van der Waals surface area contributed by atoms with Crippen LogP contribution in [-0.4, -0.2) is 49.8 Å². The first-order chi connectivity index (χ1) is 17.3. The monoisotopic (exact) mass is 492 g/mol. The van der Waals surface area contributed by atoms with Gasteiger partial charge in [-0.3, -0.25) is 14.4 Å². The van der Waals surface area contributed by atoms with Crippen LogP contribution in [0.4, 0.5) is 0 Å². The molecule has 2 bridgehead atoms. The second-order valence-corrected chi connectivity index (χ2v) is 9.03. The van der Waals surface area contributed by atoms with Gasteiger partial charge in [-0.1, -0.05) is 60.7 Å². The number of carbonyl (C=O) groups excluding carboxylic acids is 4. The lowest BCUT2D eigenvalue weighted by Gasteiger charge is -2.57. The Hall–Kier alpha value is -3.94. The quantitative estimate of drug-likeness (QED) is 0.329. The first kappa shape index (κ1) is 25.2. The molecule has 0 unspecified atom stereocenters. The van der Waals surface area contributed by atoms with Crippen molar-refractivity contribution in [3.63, 3.8) is 0 Å². The zero-order valence-electron chi connectivity index (χ0n) is 20.3. The SMILES string of the molecule is COC(=O)[C@H]1[C@@H]2C=C[C@](COC(=O)c3ccccc3)([C@@H]1c1ccccc1)[C@@H](OC(C)=O)[C@@H]2OC(C)=O. The maximum atomic E-state index is 13.2. The van der Waals surface area contributed by atoms with E-state index in [1.54, 1.807) is 36.4 Å². The van der Waals surface area contributed by atoms with Gasteiger partial charge in [-0.15, -0.1) is 0 Å². The van der Waals surface area contributed by atoms with Gasteiger partial charge in [-0.05, 0) is 17.7 Å². The van der Waals surface area contributed by atoms with Crippen molar-refractivity contribution in [2.45, 2.75) is 32.0 Å². The molecule has 0 saturated heterocycles. The predicted octanol–water partition coefficient (Wildman–Crippen LogP) is 3.47. The molecular formula is C28H28O8. The zero-order valence-corrected chi connectivity index (χ0v) is 20.3. The zero-order chi connectivity index (χ0) is 25.9. The molecule has 0 aliphatic heterocycles. The van der Waals surface area contributed by atoms with E-state index < -0.39 is 59.3 Å². The van der Waals surface area contributed by atoms with Crippen LogP contribution in [0.15, 0.2) is 72.8 Å². The Morgan fingerprint density at radius 1 is 0.861 bits per heavy atom. The van der Waals surface area contributed by atoms with E-state index in [4.69, 9.17) is 18.9 Å². The molecule has 3 aliphatic rings. The van der Waals surface area contributed by atoms with Gasteiger partial charge in [0.15, 0.2) is 6.10 Å². The number of esters is 4. The minimum absolute atomic E-state index is 0.229. The molecule has 5 rings (SSSR count). The summed E-state index contributed by atoms with van der Waals surface area (Å²) < 4.78 is 22.4. The van der Waals surface area contributed by atoms with Gasteiger partial charge in [-0.25, -0.2) is 4.79 Å². The molecule has 0 amide bonds. The van der Waals surface area contributed by atoms with Crippen LogP contribution in [0.1, 0.15) is 35.7 Å². The Morgan fingerprint density at radius 2 is 1.47 bits per heavy atom. The standard InChI is InChI=1S/C28H28O8/c1-17(29)35-24-21-14-15-28(25(24)36-18(2)30,16-34-26(31)20-12-8-5-9-13-20)23(22(21)27(32)33-3)19-10-6-4-7-11-19/h4-15,21-25H,16H2,1-3H3/t21-,22-,23+,24+,25-,28-/m0/s1. The highest BCUT2D eigenvalue weighted by molar-refractivity contribution is 5.89. The molecule has 3 aliphatic carbocycles. The number of benzene rings is 2. The van der Waals surface area contributed by atoms with Gasteiger partial charge in [0, 0.05) is 25.7 Å². The number of methoxy groups -OCH3 is 1. The summed E-state index contributed by atoms with van der Waals surface area (Å²) in [4.78, 5) is 50.5. The maximum absolute atomic E-state index is 13.2. The van der Waals surface area contributed by atoms with Gasteiger partial charge in [0.1, 0.15) is 12.7 Å². The number of carbonyl (C=O) groups is 4. The minimum Gasteiger partial charge on any atom is -0.469 e. The van der Waals surface area contributed by atoms with E-state index in [-0.39, 0.29) is 6.61 Å². The Bertz CT molecular complexity index is 1160. The van der Waals surface area contributed by atoms with E-state index in [0.717, 1.165) is 5.56 Å². The van der Waals surface area contributed by atoms with Crippen molar-refractivity contribution >= 4 is 23.9 Å². The van der Waals surface area contributed by atoms with Crippen LogP contribution in [0.5, 0.6) is 0 Å². The molecule has 0 heterocycles. The van der Waals surface area contributed by atoms with Gasteiger partial charge in [0.25, 0.3) is 0 Å². The first-order valence-electron chi connectivity index (χ1n) is 11.7. The maximum Gasteiger partial charge on any atom is 0.338 e. The molecule has 1 saturated carbocycles. The highest BCUT2D eigenvalue weighted by atomic mass is 16.6. The molecule has 2 aromatic carbocycles. The van der Waals surface area contributed by atoms with Crippen LogP contribution in [0.2, 0.25) is 0 Å². The van der Waals surface area contributed by atoms with Crippen LogP contribution < -0.4 is 0 Å². The molecule has 6 atom stereocenters. The lowest BCUT2D eigenvalue weighted by atomic mass is 9.50. The van der Waals surface area contributed by atoms with E-state index in [9.17, 15) is 19.2 Å². The van der Waals surface area contributed by atoms with E-state index in [1.165, 1.54) is 21.0 Å². The highest BCUT2D eigenvalue weighted by Crippen LogP contribution is 2.59. The van der Waals surface area contributed by atoms with Crippen molar-refractivity contribution in [1.82, 2.24) is 0 Å². The van der Waals surface area contributed by atoms with Crippen LogP contribution >= 0.6 is 0 Å². The van der Waals surface area contributed by atoms with Crippen molar-refractivity contribution in [3.05, 3.63) is 83.9 Å². The minimum atomic E-state index is -1.22. The summed E-state index contributed by atoms with van der Waals surface area (Å²) in [5, 5.41) is 0. The molecule has 8 nitrogen and oxygen atoms in total. The Labute approximate surface area is 209 Å². The van der Waals surface area contributed by atoms with Crippen molar-refractivity contribution in [3.8, 4) is 0 Å². The van der Waals surface area contributed by atoms with Crippen molar-refractivity contribution in [2.75, 3.05) is 13.7 Å². The topological polar surface area (TPSA) is 105 Å². The van der Waals surface area contributed by atoms with Gasteiger partial charge in [0.2, 0.25) is 0 Å². The highest BCUT2D eigenvalue weighted by Gasteiger charge is 2.66. The van der Waals surface area contributed by atoms with Gasteiger partial charge >= 0.3 is 23.9 Å². The summed E-state index contributed by atoms with van der Waals surface area (Å²) in [6.07, 6.45) is 1.60. The summed E-state index contributed by atoms with van der Waals surface area (Å²) in [6, 6.07) is 17.7. The summed E-state index contributed by atoms with van der Waals surface area (Å²) in [5.74, 6) is -4.26. The van der Waals surface area contributed by atoms with Crippen molar-refractivity contribution in [2.24, 2.45) is 17.3 Å². The van der Waals surface area contributed by atoms with Crippen molar-refractivity contribution < 1.29 is 38.1 Å². The molecule has 0 spiro atoms. The smallest absolute Gasteiger partial charge is 0.338 e. The second kappa shape index (κ2) is 10.4. The predicted molar refractivity (Wildman–Crippen MR) is 128 cm³/mol. The third kappa shape index (κ3) is 4.63. The van der Waals surface area contributed by atoms with Gasteiger partial charge in [0.05, 0.1) is 24.0 Å². The molecule has 36 heavy (non-hydrogen) atoms. The second-order valence-electron chi connectivity index (χ2n) is 9.03. The van der Waals surface area contributed by atoms with Crippen LogP contribution in [0, 0.1) is 17.3 Å². The molecule has 0 radical (unpaired) electrons. The van der Waals surface area contributed by atoms with Gasteiger partial charge in [-0.2, -0.15) is 0 Å². The van der Waals surface area contributed by atoms with Crippen LogP contribution in [0.25, 0.3) is 0 Å². The summed E-state index contributed by atoms with van der Waals surface area (Å²) in [6.45, 7) is 2.28. The average Bonchev–Trinajstić information content (AvgIpc) is 2.88. The lowest BCUT2D eigenvalue weighted by molar-refractivity contribution is -0.207. The molecule has 188 valence electrons. The number of ether oxygens (including phenoxy) is 4. The molecule has 8 heteroatoms. The molecule has 0 N–H and O–H groups in total. The normalized spacial score (nSPS) is 28.1. The summed E-state index contributed by atoms with van der Waals surface area (Å²) >= 11 is 0. The molecule has 1 fully saturated rings. The van der Waals surface area contributed by atoms with E-state index >= 15 is 0 Å². The molecule has 0 aromatic heterocycles. The molecular weight excluding hydrogens is 464 g/mol. The number of fused-ring (bicyclic) bond motifs is 2. The lowest BCUT2D eigenvalue weighted by Crippen LogP contribution is -2.65.